The van der Waals surface area contributed by atoms with E-state index in [1.807, 2.05) is 23.6 Å². The van der Waals surface area contributed by atoms with E-state index < -0.39 is 77.8 Å². The molecule has 1 aliphatic rings. The molecule has 0 saturated heterocycles. The summed E-state index contributed by atoms with van der Waals surface area (Å²) >= 11 is 0. The quantitative estimate of drug-likeness (QED) is 0.0578. The predicted octanol–water partition coefficient (Wildman–Crippen LogP) is 0.0419. The number of hydrogen-bond acceptors (Lipinski definition) is 15. The van der Waals surface area contributed by atoms with E-state index in [4.69, 9.17) is 10.7 Å². The molecular weight excluding hydrogens is 888 g/mol. The number of hydrazine groups is 1. The van der Waals surface area contributed by atoms with Crippen LogP contribution in [-0.4, -0.2) is 161 Å². The maximum Gasteiger partial charge on any atom is 0.261 e. The third-order valence-corrected chi connectivity index (χ3v) is 11.4. The molecule has 6 amide bonds. The van der Waals surface area contributed by atoms with Crippen LogP contribution >= 0.6 is 10.7 Å². The van der Waals surface area contributed by atoms with Crippen LogP contribution in [0.25, 0.3) is 0 Å². The molecule has 0 spiro atoms. The highest BCUT2D eigenvalue weighted by atomic mass is 35.7. The molecule has 0 aromatic heterocycles. The van der Waals surface area contributed by atoms with Gasteiger partial charge in [0.15, 0.2) is 0 Å². The summed E-state index contributed by atoms with van der Waals surface area (Å²) in [5.41, 5.74) is 4.59. The summed E-state index contributed by atoms with van der Waals surface area (Å²) in [7, 11) is 1.10. The van der Waals surface area contributed by atoms with Crippen molar-refractivity contribution in [2.24, 2.45) is 0 Å². The van der Waals surface area contributed by atoms with Crippen molar-refractivity contribution in [3.8, 4) is 17.2 Å². The maximum absolute atomic E-state index is 13.5. The van der Waals surface area contributed by atoms with Crippen LogP contribution in [0.15, 0.2) is 53.4 Å². The minimum atomic E-state index is -4.52. The second-order valence-corrected chi connectivity index (χ2v) is 17.3. The summed E-state index contributed by atoms with van der Waals surface area (Å²) in [4.78, 5) is 82.2. The minimum absolute atomic E-state index is 0.0481. The van der Waals surface area contributed by atoms with Crippen LogP contribution in [0.4, 0.5) is 0 Å². The smallest absolute Gasteiger partial charge is 0.261 e. The molecule has 23 heteroatoms. The first kappa shape index (κ1) is 51.6. The van der Waals surface area contributed by atoms with Gasteiger partial charge in [0, 0.05) is 102 Å². The molecule has 0 unspecified atom stereocenters. The number of amides is 6. The Morgan fingerprint density at radius 2 is 1.00 bits per heavy atom. The molecule has 3 aromatic rings. The second kappa shape index (κ2) is 25.4. The lowest BCUT2D eigenvalue weighted by molar-refractivity contribution is 0.0915. The molecule has 4 rings (SSSR count). The predicted molar refractivity (Wildman–Crippen MR) is 241 cm³/mol. The van der Waals surface area contributed by atoms with Crippen molar-refractivity contribution in [2.45, 2.75) is 31.6 Å². The van der Waals surface area contributed by atoms with Gasteiger partial charge in [0.1, 0.15) is 17.2 Å². The van der Waals surface area contributed by atoms with Crippen LogP contribution < -0.4 is 42.8 Å². The number of hydrogen-bond donors (Lipinski definition) is 11. The first-order valence-corrected chi connectivity index (χ1v) is 23.4. The van der Waals surface area contributed by atoms with Gasteiger partial charge in [0.25, 0.3) is 44.5 Å². The largest absolute Gasteiger partial charge is 0.506 e. The Kier molecular flexibility index (Phi) is 20.2. The highest BCUT2D eigenvalue weighted by molar-refractivity contribution is 8.13. The average molecular weight is 945 g/mol. The number of fused-ring (bicyclic) bond motifs is 4. The van der Waals surface area contributed by atoms with Crippen molar-refractivity contribution in [3.63, 3.8) is 0 Å². The van der Waals surface area contributed by atoms with Gasteiger partial charge in [0.2, 0.25) is 0 Å². The van der Waals surface area contributed by atoms with Crippen molar-refractivity contribution >= 4 is 55.2 Å². The zero-order valence-electron chi connectivity index (χ0n) is 36.2. The lowest BCUT2D eigenvalue weighted by atomic mass is 10.1. The van der Waals surface area contributed by atoms with Gasteiger partial charge in [-0.05, 0) is 49.2 Å². The van der Waals surface area contributed by atoms with Crippen molar-refractivity contribution in [2.75, 3.05) is 91.6 Å². The topological polar surface area (TPSA) is 300 Å². The van der Waals surface area contributed by atoms with Gasteiger partial charge < -0.3 is 47.2 Å². The molecule has 11 N–H and O–H groups in total. The van der Waals surface area contributed by atoms with Crippen molar-refractivity contribution in [1.82, 2.24) is 52.6 Å². The van der Waals surface area contributed by atoms with Gasteiger partial charge in [-0.1, -0.05) is 26.0 Å². The van der Waals surface area contributed by atoms with E-state index >= 15 is 0 Å². The van der Waals surface area contributed by atoms with E-state index in [1.54, 1.807) is 0 Å². The monoisotopic (exact) mass is 944 g/mol. The SMILES string of the molecule is CCCNNCCN1CCNC(=O)c2cccc(c2O)C(=O)NCCNC(=O)c2cc(S(=O)(=O)Cl)cc(c2O)C(=O)NCCN(CCNC(=O)c2cccc(C(=O)NCCC)c2O)CC1. The fraction of sp³-hybridized carbons (Fsp3) is 0.429. The van der Waals surface area contributed by atoms with Gasteiger partial charge in [-0.15, -0.1) is 0 Å². The first-order valence-electron chi connectivity index (χ1n) is 21.1. The number of rotatable bonds is 14. The van der Waals surface area contributed by atoms with Crippen LogP contribution in [0.5, 0.6) is 17.2 Å². The number of nitrogens with one attached hydrogen (secondary N) is 8. The summed E-state index contributed by atoms with van der Waals surface area (Å²) in [5.74, 6) is -6.39. The van der Waals surface area contributed by atoms with Crippen LogP contribution in [0.3, 0.4) is 0 Å². The lowest BCUT2D eigenvalue weighted by Crippen LogP contribution is -2.46. The van der Waals surface area contributed by atoms with Crippen LogP contribution in [0, 0.1) is 0 Å². The van der Waals surface area contributed by atoms with E-state index in [9.17, 15) is 52.5 Å². The fourth-order valence-electron chi connectivity index (χ4n) is 6.53. The highest BCUT2D eigenvalue weighted by Gasteiger charge is 2.26. The lowest BCUT2D eigenvalue weighted by Gasteiger charge is -2.28. The van der Waals surface area contributed by atoms with Crippen molar-refractivity contribution in [1.29, 1.82) is 0 Å². The Morgan fingerprint density at radius 3 is 1.49 bits per heavy atom. The molecule has 65 heavy (non-hydrogen) atoms. The molecule has 354 valence electrons. The molecule has 3 aromatic carbocycles. The summed E-state index contributed by atoms with van der Waals surface area (Å²) in [6.07, 6.45) is 1.57. The molecule has 0 saturated carbocycles. The van der Waals surface area contributed by atoms with E-state index in [0.717, 1.165) is 25.1 Å². The third kappa shape index (κ3) is 15.3. The molecule has 1 heterocycles. The molecule has 0 fully saturated rings. The fourth-order valence-corrected chi connectivity index (χ4v) is 7.31. The highest BCUT2D eigenvalue weighted by Crippen LogP contribution is 2.29. The molecular formula is C42H57ClN10O11S. The van der Waals surface area contributed by atoms with E-state index in [-0.39, 0.29) is 68.1 Å². The summed E-state index contributed by atoms with van der Waals surface area (Å²) in [5, 5.41) is 48.6. The Morgan fingerprint density at radius 1 is 0.585 bits per heavy atom. The minimum Gasteiger partial charge on any atom is -0.506 e. The summed E-state index contributed by atoms with van der Waals surface area (Å²) < 4.78 is 24.8. The number of carbonyl (C=O) groups is 6. The van der Waals surface area contributed by atoms with Gasteiger partial charge >= 0.3 is 0 Å². The van der Waals surface area contributed by atoms with Crippen molar-refractivity contribution in [3.05, 3.63) is 81.9 Å². The Balaban J connectivity index is 1.62. The van der Waals surface area contributed by atoms with Crippen LogP contribution in [-0.2, 0) is 9.05 Å². The number of phenols is 3. The number of nitrogens with zero attached hydrogens (tertiary/aromatic N) is 2. The average Bonchev–Trinajstić information content (AvgIpc) is 3.27. The number of phenolic OH excluding ortho intramolecular Hbond substituents is 3. The normalized spacial score (nSPS) is 15.4. The zero-order chi connectivity index (χ0) is 47.5. The van der Waals surface area contributed by atoms with E-state index in [0.29, 0.717) is 45.7 Å². The van der Waals surface area contributed by atoms with Crippen LogP contribution in [0.2, 0.25) is 0 Å². The molecule has 1 aliphatic heterocycles. The Labute approximate surface area is 381 Å². The molecule has 21 nitrogen and oxygen atoms in total. The second-order valence-electron chi connectivity index (χ2n) is 14.8. The molecule has 4 bridgehead atoms. The number of para-hydroxylation sites is 2. The van der Waals surface area contributed by atoms with Crippen molar-refractivity contribution < 1.29 is 52.5 Å². The molecule has 0 radical (unpaired) electrons. The molecule has 0 aliphatic carbocycles. The number of halogens is 1. The van der Waals surface area contributed by atoms with Gasteiger partial charge in [-0.3, -0.25) is 49.4 Å². The van der Waals surface area contributed by atoms with E-state index in [2.05, 4.69) is 42.8 Å². The summed E-state index contributed by atoms with van der Waals surface area (Å²) in [6, 6.07) is 10.00. The third-order valence-electron chi connectivity index (χ3n) is 10.1. The zero-order valence-corrected chi connectivity index (χ0v) is 37.8. The van der Waals surface area contributed by atoms with Gasteiger partial charge in [0.05, 0.1) is 38.3 Å². The van der Waals surface area contributed by atoms with Gasteiger partial charge in [-0.25, -0.2) is 8.42 Å². The molecule has 0 atom stereocenters. The Bertz CT molecular complexity index is 2300. The number of carbonyl (C=O) groups excluding carboxylic acids is 6. The van der Waals surface area contributed by atoms with E-state index in [1.165, 1.54) is 36.4 Å². The maximum atomic E-state index is 13.5. The Hall–Kier alpha value is -6.04. The number of benzene rings is 3. The van der Waals surface area contributed by atoms with Crippen LogP contribution in [0.1, 0.15) is 88.8 Å². The van der Waals surface area contributed by atoms with Gasteiger partial charge in [-0.2, -0.15) is 0 Å². The standard InChI is InChI=1S/C42H57ClN10O11S/c1-3-11-44-37(57)28-7-5-9-30(34(28)54)39(59)47-15-19-52-20-17-49-42(62)33-26-27(65(43,63)64)25-32(36(33)56)41(61)46-14-13-45-38(58)29-8-6-10-31(35(29)55)40(60)48-16-21-53(24-23-52)22-18-51-50-12-4-2/h5-10,25-26,50-51,54-56H,3-4,11-24H2,1-2H3,(H,44,57)(H,45,58)(H,46,61)(H,47,59)(H,48,60)(H,49,62). The summed E-state index contributed by atoms with van der Waals surface area (Å²) in [6.45, 7) is 7.15. The first-order chi connectivity index (χ1) is 31.1. The number of aromatic hydroxyl groups is 3.